The van der Waals surface area contributed by atoms with Gasteiger partial charge >= 0.3 is 0 Å². The van der Waals surface area contributed by atoms with Gasteiger partial charge in [0, 0.05) is 18.6 Å². The number of nitrogens with zero attached hydrogens (tertiary/aromatic N) is 1. The number of carbonyl (C=O) groups is 1. The van der Waals surface area contributed by atoms with Crippen LogP contribution in [0.1, 0.15) is 42.4 Å². The van der Waals surface area contributed by atoms with Gasteiger partial charge in [-0.2, -0.15) is 0 Å². The first-order valence-electron chi connectivity index (χ1n) is 6.43. The molecule has 0 bridgehead atoms. The van der Waals surface area contributed by atoms with Crippen molar-refractivity contribution in [2.24, 2.45) is 5.41 Å². The van der Waals surface area contributed by atoms with E-state index in [1.54, 1.807) is 6.92 Å². The van der Waals surface area contributed by atoms with Gasteiger partial charge in [0.2, 0.25) is 0 Å². The molecule has 1 amide bonds. The molecule has 18 heavy (non-hydrogen) atoms. The van der Waals surface area contributed by atoms with Crippen molar-refractivity contribution in [2.75, 3.05) is 19.8 Å². The van der Waals surface area contributed by atoms with Crippen molar-refractivity contribution in [1.82, 2.24) is 10.3 Å². The molecule has 1 saturated carbocycles. The van der Waals surface area contributed by atoms with Crippen LogP contribution < -0.4 is 5.32 Å². The molecule has 2 rings (SSSR count). The molecule has 1 aromatic heterocycles. The summed E-state index contributed by atoms with van der Waals surface area (Å²) in [5, 5.41) is 2.94. The lowest BCUT2D eigenvalue weighted by atomic mass is 9.69. The molecular weight excluding hydrogens is 232 g/mol. The van der Waals surface area contributed by atoms with E-state index in [2.05, 4.69) is 10.3 Å². The Kier molecular flexibility index (Phi) is 4.01. The van der Waals surface area contributed by atoms with E-state index in [-0.39, 0.29) is 11.3 Å². The van der Waals surface area contributed by atoms with Gasteiger partial charge in [0.1, 0.15) is 5.76 Å². The number of amides is 1. The molecule has 0 aromatic carbocycles. The van der Waals surface area contributed by atoms with Gasteiger partial charge in [-0.15, -0.1) is 0 Å². The number of oxazole rings is 1. The zero-order valence-electron chi connectivity index (χ0n) is 11.0. The Hall–Kier alpha value is -1.36. The molecule has 1 heterocycles. The molecule has 1 aromatic rings. The van der Waals surface area contributed by atoms with Crippen LogP contribution in [0.2, 0.25) is 0 Å². The van der Waals surface area contributed by atoms with Gasteiger partial charge in [-0.3, -0.25) is 4.79 Å². The molecule has 100 valence electrons. The Morgan fingerprint density at radius 2 is 2.39 bits per heavy atom. The molecule has 5 heteroatoms. The van der Waals surface area contributed by atoms with Crippen molar-refractivity contribution in [3.63, 3.8) is 0 Å². The average Bonchev–Trinajstić information content (AvgIpc) is 2.73. The minimum atomic E-state index is -0.163. The Bertz CT molecular complexity index is 410. The normalized spacial score (nSPS) is 17.2. The predicted molar refractivity (Wildman–Crippen MR) is 66.4 cm³/mol. The topological polar surface area (TPSA) is 64.4 Å². The summed E-state index contributed by atoms with van der Waals surface area (Å²) < 4.78 is 10.5. The van der Waals surface area contributed by atoms with Gasteiger partial charge in [-0.1, -0.05) is 6.42 Å². The van der Waals surface area contributed by atoms with E-state index in [9.17, 15) is 4.79 Å². The third-order valence-electron chi connectivity index (χ3n) is 3.61. The Morgan fingerprint density at radius 3 is 2.89 bits per heavy atom. The number of aromatic nitrogens is 1. The number of hydrogen-bond donors (Lipinski definition) is 1. The molecule has 0 radical (unpaired) electrons. The summed E-state index contributed by atoms with van der Waals surface area (Å²) in [6, 6.07) is 0. The first kappa shape index (κ1) is 13.1. The fraction of sp³-hybridized carbons (Fsp3) is 0.692. The van der Waals surface area contributed by atoms with E-state index in [0.29, 0.717) is 18.0 Å². The van der Waals surface area contributed by atoms with Crippen molar-refractivity contribution in [1.29, 1.82) is 0 Å². The predicted octanol–water partition coefficient (Wildman–Crippen LogP) is 1.92. The second-order valence-corrected chi connectivity index (χ2v) is 4.93. The quantitative estimate of drug-likeness (QED) is 0.840. The van der Waals surface area contributed by atoms with Crippen molar-refractivity contribution in [3.8, 4) is 0 Å². The van der Waals surface area contributed by atoms with E-state index >= 15 is 0 Å². The lowest BCUT2D eigenvalue weighted by molar-refractivity contribution is -0.000220. The molecule has 1 aliphatic carbocycles. The third kappa shape index (κ3) is 2.72. The van der Waals surface area contributed by atoms with E-state index in [0.717, 1.165) is 26.1 Å². The van der Waals surface area contributed by atoms with Crippen molar-refractivity contribution >= 4 is 5.91 Å². The molecule has 1 fully saturated rings. The van der Waals surface area contributed by atoms with E-state index < -0.39 is 0 Å². The highest BCUT2D eigenvalue weighted by molar-refractivity contribution is 5.93. The fourth-order valence-corrected chi connectivity index (χ4v) is 2.24. The van der Waals surface area contributed by atoms with Crippen molar-refractivity contribution in [2.45, 2.75) is 33.1 Å². The van der Waals surface area contributed by atoms with Gasteiger partial charge in [0.05, 0.1) is 6.61 Å². The van der Waals surface area contributed by atoms with E-state index in [1.165, 1.54) is 12.8 Å². The number of carbonyl (C=O) groups excluding carboxylic acids is 1. The molecule has 0 aliphatic heterocycles. The van der Waals surface area contributed by atoms with Crippen LogP contribution in [0, 0.1) is 12.3 Å². The zero-order chi connectivity index (χ0) is 13.0. The molecule has 5 nitrogen and oxygen atoms in total. The van der Waals surface area contributed by atoms with Gasteiger partial charge in [-0.05, 0) is 26.7 Å². The highest BCUT2D eigenvalue weighted by Gasteiger charge is 2.37. The largest absolute Gasteiger partial charge is 0.448 e. The summed E-state index contributed by atoms with van der Waals surface area (Å²) >= 11 is 0. The van der Waals surface area contributed by atoms with E-state index in [1.807, 2.05) is 6.92 Å². The van der Waals surface area contributed by atoms with Gasteiger partial charge in [-0.25, -0.2) is 4.98 Å². The molecule has 0 unspecified atom stereocenters. The monoisotopic (exact) mass is 252 g/mol. The minimum Gasteiger partial charge on any atom is -0.448 e. The number of rotatable bonds is 6. The Morgan fingerprint density at radius 1 is 1.61 bits per heavy atom. The summed E-state index contributed by atoms with van der Waals surface area (Å²) in [7, 11) is 0. The standard InChI is InChI=1S/C13H20N2O3/c1-3-17-8-13(5-4-6-13)7-14-12(16)11-10(2)18-9-15-11/h9H,3-8H2,1-2H3,(H,14,16). The van der Waals surface area contributed by atoms with Crippen molar-refractivity contribution < 1.29 is 13.9 Å². The van der Waals surface area contributed by atoms with Crippen LogP contribution in [0.25, 0.3) is 0 Å². The first-order valence-corrected chi connectivity index (χ1v) is 6.43. The smallest absolute Gasteiger partial charge is 0.273 e. The molecule has 0 spiro atoms. The van der Waals surface area contributed by atoms with Gasteiger partial charge in [0.25, 0.3) is 5.91 Å². The maximum atomic E-state index is 11.9. The number of ether oxygens (including phenoxy) is 1. The minimum absolute atomic E-state index is 0.128. The summed E-state index contributed by atoms with van der Waals surface area (Å²) in [5.74, 6) is 0.393. The second kappa shape index (κ2) is 5.52. The summed E-state index contributed by atoms with van der Waals surface area (Å²) in [4.78, 5) is 15.8. The summed E-state index contributed by atoms with van der Waals surface area (Å²) in [5.41, 5.74) is 0.504. The average molecular weight is 252 g/mol. The van der Waals surface area contributed by atoms with Gasteiger partial charge in [0.15, 0.2) is 12.1 Å². The maximum Gasteiger partial charge on any atom is 0.273 e. The van der Waals surface area contributed by atoms with Crippen molar-refractivity contribution in [3.05, 3.63) is 17.8 Å². The van der Waals surface area contributed by atoms with Crippen LogP contribution in [-0.2, 0) is 4.74 Å². The Balaban J connectivity index is 1.87. The van der Waals surface area contributed by atoms with E-state index in [4.69, 9.17) is 9.15 Å². The highest BCUT2D eigenvalue weighted by atomic mass is 16.5. The highest BCUT2D eigenvalue weighted by Crippen LogP contribution is 2.40. The third-order valence-corrected chi connectivity index (χ3v) is 3.61. The SMILES string of the molecule is CCOCC1(CNC(=O)c2ncoc2C)CCC1. The Labute approximate surface area is 107 Å². The van der Waals surface area contributed by atoms with Crippen LogP contribution in [0.15, 0.2) is 10.8 Å². The van der Waals surface area contributed by atoms with Crippen LogP contribution in [0.4, 0.5) is 0 Å². The fourth-order valence-electron chi connectivity index (χ4n) is 2.24. The van der Waals surface area contributed by atoms with Crippen LogP contribution in [0.3, 0.4) is 0 Å². The van der Waals surface area contributed by atoms with Crippen LogP contribution in [-0.4, -0.2) is 30.6 Å². The molecule has 1 aliphatic rings. The molecule has 1 N–H and O–H groups in total. The zero-order valence-corrected chi connectivity index (χ0v) is 11.0. The van der Waals surface area contributed by atoms with Crippen LogP contribution in [0.5, 0.6) is 0 Å². The molecule has 0 saturated heterocycles. The second-order valence-electron chi connectivity index (χ2n) is 4.93. The number of hydrogen-bond acceptors (Lipinski definition) is 4. The summed E-state index contributed by atoms with van der Waals surface area (Å²) in [6.45, 7) is 5.82. The van der Waals surface area contributed by atoms with Gasteiger partial charge < -0.3 is 14.5 Å². The number of aryl methyl sites for hydroxylation is 1. The van der Waals surface area contributed by atoms with Crippen LogP contribution >= 0.6 is 0 Å². The lowest BCUT2D eigenvalue weighted by Crippen LogP contribution is -2.45. The molecular formula is C13H20N2O3. The lowest BCUT2D eigenvalue weighted by Gasteiger charge is -2.41. The summed E-state index contributed by atoms with van der Waals surface area (Å²) in [6.07, 6.45) is 4.74. The first-order chi connectivity index (χ1) is 8.67. The maximum absolute atomic E-state index is 11.9. The number of nitrogens with one attached hydrogen (secondary N) is 1. The molecule has 0 atom stereocenters.